The van der Waals surface area contributed by atoms with Gasteiger partial charge in [0.05, 0.1) is 5.56 Å². The summed E-state index contributed by atoms with van der Waals surface area (Å²) < 4.78 is 1.99. The van der Waals surface area contributed by atoms with Crippen molar-refractivity contribution in [3.8, 4) is 17.5 Å². The molecule has 5 heterocycles. The van der Waals surface area contributed by atoms with Gasteiger partial charge in [-0.15, -0.1) is 0 Å². The molecular formula is C22H20N10O. The summed E-state index contributed by atoms with van der Waals surface area (Å²) in [5, 5.41) is 14.1. The highest BCUT2D eigenvalue weighted by molar-refractivity contribution is 5.92. The van der Waals surface area contributed by atoms with E-state index in [1.165, 1.54) is 12.4 Å². The molecule has 164 valence electrons. The number of hydrogen-bond acceptors (Lipinski definition) is 9. The van der Waals surface area contributed by atoms with Gasteiger partial charge in [0.15, 0.2) is 11.5 Å². The van der Waals surface area contributed by atoms with Gasteiger partial charge in [-0.25, -0.2) is 29.6 Å². The zero-order chi connectivity index (χ0) is 22.8. The summed E-state index contributed by atoms with van der Waals surface area (Å²) in [5.74, 6) is 0.769. The van der Waals surface area contributed by atoms with Gasteiger partial charge in [-0.1, -0.05) is 0 Å². The van der Waals surface area contributed by atoms with Crippen LogP contribution in [0.2, 0.25) is 0 Å². The summed E-state index contributed by atoms with van der Waals surface area (Å²) >= 11 is 0. The summed E-state index contributed by atoms with van der Waals surface area (Å²) in [7, 11) is 0. The molecule has 1 amide bonds. The normalized spacial score (nSPS) is 14.2. The molecule has 0 spiro atoms. The molecule has 0 aromatic carbocycles. The van der Waals surface area contributed by atoms with Crippen molar-refractivity contribution in [3.05, 3.63) is 60.4 Å². The van der Waals surface area contributed by atoms with Gasteiger partial charge in [-0.3, -0.25) is 4.79 Å². The van der Waals surface area contributed by atoms with Crippen molar-refractivity contribution in [1.82, 2.24) is 34.9 Å². The number of nitrogens with one attached hydrogen (secondary N) is 1. The van der Waals surface area contributed by atoms with Crippen LogP contribution in [0.3, 0.4) is 0 Å². The SMILES string of the molecule is N#Cc1cc(C(=O)NC2CCN(n3c(-c4cccnc4N)nc4cccnc43)CC2)ncn1. The van der Waals surface area contributed by atoms with Crippen LogP contribution in [0.25, 0.3) is 22.6 Å². The molecule has 1 saturated heterocycles. The minimum absolute atomic E-state index is 0.0242. The van der Waals surface area contributed by atoms with Crippen molar-refractivity contribution < 1.29 is 4.79 Å². The van der Waals surface area contributed by atoms with E-state index in [0.29, 0.717) is 24.7 Å². The molecule has 0 unspecified atom stereocenters. The predicted molar refractivity (Wildman–Crippen MR) is 120 cm³/mol. The smallest absolute Gasteiger partial charge is 0.270 e. The number of nitrogens with two attached hydrogens (primary N) is 1. The van der Waals surface area contributed by atoms with Gasteiger partial charge >= 0.3 is 0 Å². The Labute approximate surface area is 188 Å². The number of aromatic nitrogens is 6. The van der Waals surface area contributed by atoms with Crippen LogP contribution in [0, 0.1) is 11.3 Å². The lowest BCUT2D eigenvalue weighted by Crippen LogP contribution is -2.49. The third kappa shape index (κ3) is 3.89. The maximum absolute atomic E-state index is 12.6. The number of rotatable bonds is 4. The van der Waals surface area contributed by atoms with Gasteiger partial charge in [0, 0.05) is 37.6 Å². The minimum Gasteiger partial charge on any atom is -0.383 e. The van der Waals surface area contributed by atoms with E-state index in [-0.39, 0.29) is 23.3 Å². The van der Waals surface area contributed by atoms with Crippen LogP contribution in [0.1, 0.15) is 29.0 Å². The number of nitrogen functional groups attached to an aromatic ring is 1. The van der Waals surface area contributed by atoms with Gasteiger partial charge in [0.25, 0.3) is 5.91 Å². The zero-order valence-corrected chi connectivity index (χ0v) is 17.6. The van der Waals surface area contributed by atoms with Crippen LogP contribution in [-0.4, -0.2) is 54.6 Å². The van der Waals surface area contributed by atoms with E-state index in [1.54, 1.807) is 12.4 Å². The van der Waals surface area contributed by atoms with Crippen molar-refractivity contribution >= 4 is 22.9 Å². The maximum Gasteiger partial charge on any atom is 0.270 e. The Morgan fingerprint density at radius 3 is 2.70 bits per heavy atom. The van der Waals surface area contributed by atoms with Crippen LogP contribution in [0.4, 0.5) is 5.82 Å². The molecule has 5 rings (SSSR count). The topological polar surface area (TPSA) is 152 Å². The summed E-state index contributed by atoms with van der Waals surface area (Å²) in [6, 6.07) is 10.8. The van der Waals surface area contributed by atoms with Gasteiger partial charge in [0.2, 0.25) is 0 Å². The van der Waals surface area contributed by atoms with E-state index in [2.05, 4.69) is 30.3 Å². The fraction of sp³-hybridized carbons (Fsp3) is 0.227. The Balaban J connectivity index is 1.37. The van der Waals surface area contributed by atoms with Crippen LogP contribution < -0.4 is 16.1 Å². The molecule has 0 aliphatic carbocycles. The highest BCUT2D eigenvalue weighted by atomic mass is 16.1. The number of anilines is 1. The van der Waals surface area contributed by atoms with Crippen molar-refractivity contribution in [3.63, 3.8) is 0 Å². The summed E-state index contributed by atoms with van der Waals surface area (Å²) in [6.45, 7) is 1.35. The number of amides is 1. The first kappa shape index (κ1) is 20.3. The van der Waals surface area contributed by atoms with Gasteiger partial charge in [-0.05, 0) is 37.1 Å². The number of nitrogens with zero attached hydrogens (tertiary/aromatic N) is 8. The first-order valence-electron chi connectivity index (χ1n) is 10.5. The molecule has 0 bridgehead atoms. The first-order chi connectivity index (χ1) is 16.1. The lowest BCUT2D eigenvalue weighted by atomic mass is 10.1. The lowest BCUT2D eigenvalue weighted by molar-refractivity contribution is 0.0924. The standard InChI is InChI=1S/C22H20N10O/c23-12-15-11-18(28-13-27-15)22(33)29-14-5-9-31(10-6-14)32-20(16-3-1-7-25-19(16)24)30-17-4-2-8-26-21(17)32/h1-4,7-8,11,13-14H,5-6,9-10H2,(H2,24,25)(H,29,33). The molecule has 1 aliphatic rings. The minimum atomic E-state index is -0.314. The Morgan fingerprint density at radius 2 is 1.91 bits per heavy atom. The Bertz CT molecular complexity index is 1370. The molecule has 11 heteroatoms. The summed E-state index contributed by atoms with van der Waals surface area (Å²) in [5.41, 5.74) is 8.73. The number of piperidine rings is 1. The Morgan fingerprint density at radius 1 is 1.12 bits per heavy atom. The zero-order valence-electron chi connectivity index (χ0n) is 17.6. The van der Waals surface area contributed by atoms with Crippen LogP contribution >= 0.6 is 0 Å². The van der Waals surface area contributed by atoms with Gasteiger partial charge < -0.3 is 16.1 Å². The van der Waals surface area contributed by atoms with Crippen LogP contribution in [0.5, 0.6) is 0 Å². The Hall–Kier alpha value is -4.59. The van der Waals surface area contributed by atoms with Gasteiger partial charge in [-0.2, -0.15) is 5.26 Å². The van der Waals surface area contributed by atoms with E-state index in [9.17, 15) is 4.79 Å². The second-order valence-corrected chi connectivity index (χ2v) is 7.63. The fourth-order valence-corrected chi connectivity index (χ4v) is 3.96. The van der Waals surface area contributed by atoms with Gasteiger partial charge in [0.1, 0.15) is 35.1 Å². The largest absolute Gasteiger partial charge is 0.383 e. The van der Waals surface area contributed by atoms with Crippen molar-refractivity contribution in [2.45, 2.75) is 18.9 Å². The number of imidazole rings is 1. The van der Waals surface area contributed by atoms with E-state index < -0.39 is 0 Å². The molecule has 33 heavy (non-hydrogen) atoms. The molecule has 0 radical (unpaired) electrons. The number of carbonyl (C=O) groups is 1. The third-order valence-electron chi connectivity index (χ3n) is 5.58. The highest BCUT2D eigenvalue weighted by Crippen LogP contribution is 2.28. The molecule has 11 nitrogen and oxygen atoms in total. The summed E-state index contributed by atoms with van der Waals surface area (Å²) in [6.07, 6.45) is 6.04. The van der Waals surface area contributed by atoms with Crippen LogP contribution in [-0.2, 0) is 0 Å². The second kappa shape index (κ2) is 8.51. The average Bonchev–Trinajstić information content (AvgIpc) is 3.24. The average molecular weight is 440 g/mol. The molecule has 1 fully saturated rings. The number of nitriles is 1. The first-order valence-corrected chi connectivity index (χ1v) is 10.5. The second-order valence-electron chi connectivity index (χ2n) is 7.63. The van der Waals surface area contributed by atoms with Crippen molar-refractivity contribution in [2.24, 2.45) is 0 Å². The maximum atomic E-state index is 12.6. The van der Waals surface area contributed by atoms with Crippen LogP contribution in [0.15, 0.2) is 49.1 Å². The molecular weight excluding hydrogens is 420 g/mol. The van der Waals surface area contributed by atoms with E-state index in [4.69, 9.17) is 16.0 Å². The fourth-order valence-electron chi connectivity index (χ4n) is 3.96. The molecule has 1 aliphatic heterocycles. The van der Waals surface area contributed by atoms with Crippen molar-refractivity contribution in [1.29, 1.82) is 5.26 Å². The predicted octanol–water partition coefficient (Wildman–Crippen LogP) is 1.27. The van der Waals surface area contributed by atoms with E-state index >= 15 is 0 Å². The quantitative estimate of drug-likeness (QED) is 0.478. The van der Waals surface area contributed by atoms with E-state index in [1.807, 2.05) is 35.0 Å². The molecule has 4 aromatic heterocycles. The highest BCUT2D eigenvalue weighted by Gasteiger charge is 2.26. The Kier molecular flexibility index (Phi) is 5.24. The van der Waals surface area contributed by atoms with E-state index in [0.717, 1.165) is 29.6 Å². The number of hydrogen-bond donors (Lipinski definition) is 2. The monoisotopic (exact) mass is 440 g/mol. The third-order valence-corrected chi connectivity index (χ3v) is 5.58. The number of carbonyl (C=O) groups excluding carboxylic acids is 1. The number of pyridine rings is 2. The number of fused-ring (bicyclic) bond motifs is 1. The summed E-state index contributed by atoms with van der Waals surface area (Å²) in [4.78, 5) is 33.9. The lowest BCUT2D eigenvalue weighted by Gasteiger charge is -2.35. The molecule has 3 N–H and O–H groups in total. The van der Waals surface area contributed by atoms with Crippen molar-refractivity contribution in [2.75, 3.05) is 23.8 Å². The molecule has 0 atom stereocenters. The molecule has 4 aromatic rings. The molecule has 0 saturated carbocycles.